The van der Waals surface area contributed by atoms with Gasteiger partial charge in [-0.05, 0) is 24.6 Å². The van der Waals surface area contributed by atoms with Gasteiger partial charge in [0.15, 0.2) is 11.5 Å². The average molecular weight is 373 g/mol. The minimum atomic E-state index is -0.327. The Morgan fingerprint density at radius 3 is 2.69 bits per heavy atom. The Balaban J connectivity index is 1.79. The second-order valence-electron chi connectivity index (χ2n) is 5.58. The van der Waals surface area contributed by atoms with Crippen LogP contribution in [0.15, 0.2) is 35.4 Å². The molecule has 0 bridgehead atoms. The van der Waals surface area contributed by atoms with Crippen molar-refractivity contribution >= 4 is 33.1 Å². The van der Waals surface area contributed by atoms with E-state index in [2.05, 4.69) is 10.3 Å². The maximum absolute atomic E-state index is 12.5. The third kappa shape index (κ3) is 3.55. The van der Waals surface area contributed by atoms with Crippen molar-refractivity contribution in [3.05, 3.63) is 45.8 Å². The van der Waals surface area contributed by atoms with Crippen LogP contribution in [0, 0.1) is 0 Å². The highest BCUT2D eigenvalue weighted by Gasteiger charge is 2.12. The van der Waals surface area contributed by atoms with Gasteiger partial charge in [-0.1, -0.05) is 6.92 Å². The molecule has 0 aliphatic rings. The second-order valence-corrected chi connectivity index (χ2v) is 6.70. The minimum Gasteiger partial charge on any atom is -0.493 e. The summed E-state index contributed by atoms with van der Waals surface area (Å²) in [4.78, 5) is 30.9. The van der Waals surface area contributed by atoms with Gasteiger partial charge in [-0.25, -0.2) is 4.98 Å². The molecule has 3 aromatic rings. The molecule has 2 aromatic heterocycles. The highest BCUT2D eigenvalue weighted by Crippen LogP contribution is 2.29. The highest BCUT2D eigenvalue weighted by atomic mass is 32.1. The molecule has 0 saturated heterocycles. The van der Waals surface area contributed by atoms with Crippen LogP contribution < -0.4 is 20.3 Å². The van der Waals surface area contributed by atoms with Crippen molar-refractivity contribution in [1.82, 2.24) is 9.55 Å². The number of hydrogen-bond donors (Lipinski definition) is 1. The molecule has 1 N–H and O–H groups in total. The predicted molar refractivity (Wildman–Crippen MR) is 101 cm³/mol. The molecule has 0 aliphatic heterocycles. The first-order chi connectivity index (χ1) is 12.5. The van der Waals surface area contributed by atoms with E-state index in [0.717, 1.165) is 11.3 Å². The number of fused-ring (bicyclic) bond motifs is 1. The summed E-state index contributed by atoms with van der Waals surface area (Å²) in [6, 6.07) is 6.91. The van der Waals surface area contributed by atoms with Gasteiger partial charge in [0.05, 0.1) is 25.9 Å². The minimum absolute atomic E-state index is 0.118. The summed E-state index contributed by atoms with van der Waals surface area (Å²) in [5.74, 6) is 0.753. The van der Waals surface area contributed by atoms with Crippen LogP contribution in [0.25, 0.3) is 10.2 Å². The molecule has 0 radical (unpaired) electrons. The van der Waals surface area contributed by atoms with E-state index in [1.165, 1.54) is 29.3 Å². The zero-order chi connectivity index (χ0) is 18.7. The molecule has 1 aromatic carbocycles. The van der Waals surface area contributed by atoms with Crippen LogP contribution in [0.1, 0.15) is 11.8 Å². The van der Waals surface area contributed by atoms with Gasteiger partial charge in [0.2, 0.25) is 5.91 Å². The number of carbonyl (C=O) groups excluding carboxylic acids is 1. The van der Waals surface area contributed by atoms with E-state index in [9.17, 15) is 9.59 Å². The normalized spacial score (nSPS) is 10.7. The summed E-state index contributed by atoms with van der Waals surface area (Å²) in [5, 5.41) is 3.30. The van der Waals surface area contributed by atoms with E-state index in [-0.39, 0.29) is 18.0 Å². The first-order valence-electron chi connectivity index (χ1n) is 8.05. The number of benzene rings is 1. The molecule has 0 unspecified atom stereocenters. The number of aryl methyl sites for hydroxylation is 1. The summed E-state index contributed by atoms with van der Waals surface area (Å²) in [7, 11) is 3.06. The Morgan fingerprint density at radius 1 is 1.23 bits per heavy atom. The molecule has 0 atom stereocenters. The van der Waals surface area contributed by atoms with Crippen LogP contribution >= 0.6 is 11.3 Å². The molecule has 136 valence electrons. The van der Waals surface area contributed by atoms with Crippen LogP contribution in [0.4, 0.5) is 5.69 Å². The van der Waals surface area contributed by atoms with Crippen LogP contribution in [-0.2, 0) is 17.8 Å². The maximum Gasteiger partial charge on any atom is 0.262 e. The van der Waals surface area contributed by atoms with Gasteiger partial charge in [0, 0.05) is 16.6 Å². The lowest BCUT2D eigenvalue weighted by Gasteiger charge is -2.11. The SMILES string of the molecule is CCc1cc2c(=O)n(CC(=O)Nc3ccc(OC)c(OC)c3)cnc2s1. The number of ether oxygens (including phenoxy) is 2. The van der Waals surface area contributed by atoms with Crippen molar-refractivity contribution in [3.63, 3.8) is 0 Å². The third-order valence-corrected chi connectivity index (χ3v) is 5.09. The molecular weight excluding hydrogens is 354 g/mol. The maximum atomic E-state index is 12.5. The van der Waals surface area contributed by atoms with E-state index >= 15 is 0 Å². The molecule has 0 aliphatic carbocycles. The third-order valence-electron chi connectivity index (χ3n) is 3.90. The number of rotatable bonds is 6. The topological polar surface area (TPSA) is 82.5 Å². The molecular formula is C18H19N3O4S. The number of hydrogen-bond acceptors (Lipinski definition) is 6. The molecule has 7 nitrogen and oxygen atoms in total. The largest absolute Gasteiger partial charge is 0.493 e. The Labute approximate surface area is 154 Å². The van der Waals surface area contributed by atoms with E-state index in [4.69, 9.17) is 9.47 Å². The monoisotopic (exact) mass is 373 g/mol. The van der Waals surface area contributed by atoms with Crippen molar-refractivity contribution in [2.75, 3.05) is 19.5 Å². The van der Waals surface area contributed by atoms with Crippen LogP contribution in [0.3, 0.4) is 0 Å². The first kappa shape index (κ1) is 17.9. The number of amides is 1. The summed E-state index contributed by atoms with van der Waals surface area (Å²) < 4.78 is 11.7. The molecule has 26 heavy (non-hydrogen) atoms. The molecule has 1 amide bonds. The quantitative estimate of drug-likeness (QED) is 0.718. The van der Waals surface area contributed by atoms with E-state index < -0.39 is 0 Å². The Morgan fingerprint density at radius 2 is 2.00 bits per heavy atom. The van der Waals surface area contributed by atoms with Gasteiger partial charge in [-0.2, -0.15) is 0 Å². The number of anilines is 1. The molecule has 0 spiro atoms. The second kappa shape index (κ2) is 7.57. The number of nitrogens with zero attached hydrogens (tertiary/aromatic N) is 2. The zero-order valence-electron chi connectivity index (χ0n) is 14.7. The van der Waals surface area contributed by atoms with E-state index in [0.29, 0.717) is 27.4 Å². The van der Waals surface area contributed by atoms with E-state index in [1.54, 1.807) is 25.3 Å². The van der Waals surface area contributed by atoms with Crippen molar-refractivity contribution in [2.24, 2.45) is 0 Å². The van der Waals surface area contributed by atoms with Gasteiger partial charge in [0.1, 0.15) is 11.4 Å². The van der Waals surface area contributed by atoms with Crippen molar-refractivity contribution in [2.45, 2.75) is 19.9 Å². The molecule has 0 saturated carbocycles. The lowest BCUT2D eigenvalue weighted by molar-refractivity contribution is -0.116. The van der Waals surface area contributed by atoms with Crippen molar-refractivity contribution < 1.29 is 14.3 Å². The number of carbonyl (C=O) groups is 1. The van der Waals surface area contributed by atoms with Gasteiger partial charge < -0.3 is 14.8 Å². The van der Waals surface area contributed by atoms with Gasteiger partial charge in [0.25, 0.3) is 5.56 Å². The molecule has 3 rings (SSSR count). The summed E-state index contributed by atoms with van der Waals surface area (Å²) in [5.41, 5.74) is 0.340. The lowest BCUT2D eigenvalue weighted by Crippen LogP contribution is -2.27. The van der Waals surface area contributed by atoms with Crippen LogP contribution in [0.2, 0.25) is 0 Å². The van der Waals surface area contributed by atoms with E-state index in [1.807, 2.05) is 13.0 Å². The first-order valence-corrected chi connectivity index (χ1v) is 8.87. The van der Waals surface area contributed by atoms with Gasteiger partial charge >= 0.3 is 0 Å². The fourth-order valence-electron chi connectivity index (χ4n) is 2.57. The zero-order valence-corrected chi connectivity index (χ0v) is 15.6. The van der Waals surface area contributed by atoms with Crippen LogP contribution in [0.5, 0.6) is 11.5 Å². The fourth-order valence-corrected chi connectivity index (χ4v) is 3.49. The summed E-state index contributed by atoms with van der Waals surface area (Å²) in [6.07, 6.45) is 2.26. The number of nitrogens with one attached hydrogen (secondary N) is 1. The lowest BCUT2D eigenvalue weighted by atomic mass is 10.2. The van der Waals surface area contributed by atoms with Gasteiger partial charge in [-0.3, -0.25) is 14.2 Å². The Hall–Kier alpha value is -2.87. The van der Waals surface area contributed by atoms with Gasteiger partial charge in [-0.15, -0.1) is 11.3 Å². The Bertz CT molecular complexity index is 1010. The Kier molecular flexibility index (Phi) is 5.22. The van der Waals surface area contributed by atoms with Crippen molar-refractivity contribution in [1.29, 1.82) is 0 Å². The fraction of sp³-hybridized carbons (Fsp3) is 0.278. The summed E-state index contributed by atoms with van der Waals surface area (Å²) >= 11 is 1.50. The average Bonchev–Trinajstić information content (AvgIpc) is 3.08. The molecule has 0 fully saturated rings. The standard InChI is InChI=1S/C18H19N3O4S/c1-4-12-8-13-17(26-12)19-10-21(18(13)23)9-16(22)20-11-5-6-14(24-2)15(7-11)25-3/h5-8,10H,4,9H2,1-3H3,(H,20,22). The number of aromatic nitrogens is 2. The van der Waals surface area contributed by atoms with Crippen LogP contribution in [-0.4, -0.2) is 29.7 Å². The number of thiophene rings is 1. The molecule has 2 heterocycles. The van der Waals surface area contributed by atoms with Crippen molar-refractivity contribution in [3.8, 4) is 11.5 Å². The highest BCUT2D eigenvalue weighted by molar-refractivity contribution is 7.18. The summed E-state index contributed by atoms with van der Waals surface area (Å²) in [6.45, 7) is 1.91. The smallest absolute Gasteiger partial charge is 0.262 e. The molecule has 8 heteroatoms. The predicted octanol–water partition coefficient (Wildman–Crippen LogP) is 2.68. The number of methoxy groups -OCH3 is 2.